The van der Waals surface area contributed by atoms with Crippen molar-refractivity contribution >= 4 is 11.7 Å². The van der Waals surface area contributed by atoms with E-state index in [1.807, 2.05) is 25.1 Å². The van der Waals surface area contributed by atoms with E-state index in [1.54, 1.807) is 31.2 Å². The Morgan fingerprint density at radius 1 is 1.28 bits per heavy atom. The summed E-state index contributed by atoms with van der Waals surface area (Å²) in [4.78, 5) is 12.7. The Hall–Kier alpha value is -3.04. The lowest BCUT2D eigenvalue weighted by Gasteiger charge is -2.22. The first kappa shape index (κ1) is 20.7. The van der Waals surface area contributed by atoms with Gasteiger partial charge in [-0.1, -0.05) is 6.07 Å². The number of carbonyl (C=O) groups is 1. The number of nitriles is 1. The second kappa shape index (κ2) is 9.44. The van der Waals surface area contributed by atoms with Gasteiger partial charge in [0, 0.05) is 5.69 Å². The van der Waals surface area contributed by atoms with Gasteiger partial charge in [0.25, 0.3) is 0 Å². The van der Waals surface area contributed by atoms with Gasteiger partial charge in [0.1, 0.15) is 11.9 Å². The van der Waals surface area contributed by atoms with Gasteiger partial charge in [-0.25, -0.2) is 4.79 Å². The zero-order valence-electron chi connectivity index (χ0n) is 16.7. The maximum Gasteiger partial charge on any atom is 0.333 e. The number of esters is 1. The van der Waals surface area contributed by atoms with Crippen LogP contribution in [-0.4, -0.2) is 29.9 Å². The summed E-state index contributed by atoms with van der Waals surface area (Å²) in [7, 11) is 0. The Balaban J connectivity index is 1.87. The fraction of sp³-hybridized carbons (Fsp3) is 0.391. The molecule has 0 bridgehead atoms. The molecule has 0 aliphatic heterocycles. The highest BCUT2D eigenvalue weighted by molar-refractivity contribution is 5.81. The number of hydrogen-bond donors (Lipinski definition) is 2. The number of anilines is 1. The minimum absolute atomic E-state index is 0.225. The summed E-state index contributed by atoms with van der Waals surface area (Å²) < 4.78 is 11.3. The number of benzene rings is 2. The van der Waals surface area contributed by atoms with Gasteiger partial charge in [-0.15, -0.1) is 0 Å². The van der Waals surface area contributed by atoms with Crippen LogP contribution in [0.1, 0.15) is 48.9 Å². The standard InChI is InChI=1S/C23H26N2O4/c1-3-28-23(27)22(25-18-9-7-16(14-24)8-10-18)17-11-15(2)12-19(13-17)29-21-6-4-5-20(21)26/h7-13,20-22,25-26H,3-6H2,1-2H3. The number of hydrogen-bond acceptors (Lipinski definition) is 6. The summed E-state index contributed by atoms with van der Waals surface area (Å²) in [5, 5.41) is 22.2. The number of nitrogens with one attached hydrogen (secondary N) is 1. The summed E-state index contributed by atoms with van der Waals surface area (Å²) in [5.74, 6) is 0.233. The molecule has 0 spiro atoms. The first-order valence-electron chi connectivity index (χ1n) is 9.89. The minimum Gasteiger partial charge on any atom is -0.488 e. The van der Waals surface area contributed by atoms with Crippen LogP contribution < -0.4 is 10.1 Å². The molecule has 1 fully saturated rings. The molecule has 0 saturated heterocycles. The molecular formula is C23H26N2O4. The number of carbonyl (C=O) groups excluding carboxylic acids is 1. The number of rotatable bonds is 7. The third-order valence-corrected chi connectivity index (χ3v) is 4.96. The van der Waals surface area contributed by atoms with E-state index in [0.717, 1.165) is 30.4 Å². The third kappa shape index (κ3) is 5.27. The highest BCUT2D eigenvalue weighted by Gasteiger charge is 2.28. The smallest absolute Gasteiger partial charge is 0.333 e. The number of aryl methyl sites for hydroxylation is 1. The van der Waals surface area contributed by atoms with E-state index < -0.39 is 18.1 Å². The van der Waals surface area contributed by atoms with E-state index in [2.05, 4.69) is 11.4 Å². The van der Waals surface area contributed by atoms with Crippen molar-refractivity contribution in [2.24, 2.45) is 0 Å². The second-order valence-electron chi connectivity index (χ2n) is 7.25. The molecule has 1 aliphatic carbocycles. The maximum atomic E-state index is 12.7. The minimum atomic E-state index is -0.723. The van der Waals surface area contributed by atoms with Crippen LogP contribution in [0.4, 0.5) is 5.69 Å². The van der Waals surface area contributed by atoms with Gasteiger partial charge in [-0.05, 0) is 80.6 Å². The molecular weight excluding hydrogens is 368 g/mol. The first-order chi connectivity index (χ1) is 14.0. The molecule has 0 heterocycles. The molecule has 1 saturated carbocycles. The van der Waals surface area contributed by atoms with Crippen LogP contribution in [0.5, 0.6) is 5.75 Å². The number of ether oxygens (including phenoxy) is 2. The van der Waals surface area contributed by atoms with Crippen LogP contribution in [0.25, 0.3) is 0 Å². The zero-order chi connectivity index (χ0) is 20.8. The largest absolute Gasteiger partial charge is 0.488 e. The molecule has 29 heavy (non-hydrogen) atoms. The van der Waals surface area contributed by atoms with Crippen LogP contribution in [0.15, 0.2) is 42.5 Å². The van der Waals surface area contributed by atoms with E-state index in [9.17, 15) is 9.90 Å². The van der Waals surface area contributed by atoms with Crippen LogP contribution in [0.2, 0.25) is 0 Å². The maximum absolute atomic E-state index is 12.7. The van der Waals surface area contributed by atoms with Gasteiger partial charge >= 0.3 is 5.97 Å². The fourth-order valence-electron chi connectivity index (χ4n) is 3.54. The highest BCUT2D eigenvalue weighted by Crippen LogP contribution is 2.30. The van der Waals surface area contributed by atoms with Crippen molar-refractivity contribution in [3.8, 4) is 11.8 Å². The van der Waals surface area contributed by atoms with Crippen LogP contribution in [-0.2, 0) is 9.53 Å². The summed E-state index contributed by atoms with van der Waals surface area (Å²) in [6.07, 6.45) is 1.81. The Morgan fingerprint density at radius 2 is 2.03 bits per heavy atom. The predicted molar refractivity (Wildman–Crippen MR) is 110 cm³/mol. The third-order valence-electron chi connectivity index (χ3n) is 4.96. The molecule has 152 valence electrons. The van der Waals surface area contributed by atoms with Crippen molar-refractivity contribution < 1.29 is 19.4 Å². The van der Waals surface area contributed by atoms with Crippen LogP contribution >= 0.6 is 0 Å². The molecule has 3 unspecified atom stereocenters. The van der Waals surface area contributed by atoms with Crippen LogP contribution in [0.3, 0.4) is 0 Å². The zero-order valence-corrected chi connectivity index (χ0v) is 16.7. The SMILES string of the molecule is CCOC(=O)C(Nc1ccc(C#N)cc1)c1cc(C)cc(OC2CCCC2O)c1. The molecule has 2 N–H and O–H groups in total. The summed E-state index contributed by atoms with van der Waals surface area (Å²) in [6, 6.07) is 13.9. The molecule has 6 heteroatoms. The van der Waals surface area contributed by atoms with Gasteiger partial charge in [-0.3, -0.25) is 0 Å². The van der Waals surface area contributed by atoms with Gasteiger partial charge in [0.2, 0.25) is 0 Å². The number of aliphatic hydroxyl groups is 1. The van der Waals surface area contributed by atoms with Crippen molar-refractivity contribution in [1.82, 2.24) is 0 Å². The molecule has 2 aromatic carbocycles. The normalized spacial score (nSPS) is 19.2. The van der Waals surface area contributed by atoms with E-state index in [4.69, 9.17) is 14.7 Å². The Morgan fingerprint density at radius 3 is 2.66 bits per heavy atom. The average molecular weight is 394 g/mol. The monoisotopic (exact) mass is 394 g/mol. The summed E-state index contributed by atoms with van der Waals surface area (Å²) in [5.41, 5.74) is 2.91. The van der Waals surface area contributed by atoms with Gasteiger partial charge < -0.3 is 19.9 Å². The first-order valence-corrected chi connectivity index (χ1v) is 9.89. The van der Waals surface area contributed by atoms with Crippen molar-refractivity contribution in [1.29, 1.82) is 5.26 Å². The van der Waals surface area contributed by atoms with Gasteiger partial charge in [0.15, 0.2) is 6.04 Å². The summed E-state index contributed by atoms with van der Waals surface area (Å²) in [6.45, 7) is 3.97. The van der Waals surface area contributed by atoms with Gasteiger partial charge in [0.05, 0.1) is 24.3 Å². The van der Waals surface area contributed by atoms with Crippen molar-refractivity contribution in [2.75, 3.05) is 11.9 Å². The molecule has 3 atom stereocenters. The lowest BCUT2D eigenvalue weighted by Crippen LogP contribution is -2.26. The molecule has 6 nitrogen and oxygen atoms in total. The highest BCUT2D eigenvalue weighted by atomic mass is 16.5. The van der Waals surface area contributed by atoms with E-state index >= 15 is 0 Å². The second-order valence-corrected chi connectivity index (χ2v) is 7.25. The molecule has 0 radical (unpaired) electrons. The van der Waals surface area contributed by atoms with E-state index in [-0.39, 0.29) is 12.7 Å². The Kier molecular flexibility index (Phi) is 6.73. The fourth-order valence-corrected chi connectivity index (χ4v) is 3.54. The average Bonchev–Trinajstić information content (AvgIpc) is 3.10. The molecule has 3 rings (SSSR count). The Bertz CT molecular complexity index is 889. The molecule has 2 aromatic rings. The van der Waals surface area contributed by atoms with Gasteiger partial charge in [-0.2, -0.15) is 5.26 Å². The quantitative estimate of drug-likeness (QED) is 0.693. The summed E-state index contributed by atoms with van der Waals surface area (Å²) >= 11 is 0. The lowest BCUT2D eigenvalue weighted by molar-refractivity contribution is -0.144. The molecule has 1 aliphatic rings. The van der Waals surface area contributed by atoms with E-state index in [0.29, 0.717) is 17.0 Å². The number of nitrogens with zero attached hydrogens (tertiary/aromatic N) is 1. The lowest BCUT2D eigenvalue weighted by atomic mass is 10.0. The topological polar surface area (TPSA) is 91.6 Å². The molecule has 0 amide bonds. The van der Waals surface area contributed by atoms with Crippen molar-refractivity contribution in [2.45, 2.75) is 51.4 Å². The molecule has 0 aromatic heterocycles. The van der Waals surface area contributed by atoms with Crippen molar-refractivity contribution in [3.63, 3.8) is 0 Å². The predicted octanol–water partition coefficient (Wildman–Crippen LogP) is 3.88. The number of aliphatic hydroxyl groups excluding tert-OH is 1. The Labute approximate surface area is 171 Å². The van der Waals surface area contributed by atoms with E-state index in [1.165, 1.54) is 0 Å². The van der Waals surface area contributed by atoms with Crippen LogP contribution in [0, 0.1) is 18.3 Å². The van der Waals surface area contributed by atoms with Crippen molar-refractivity contribution in [3.05, 3.63) is 59.2 Å².